The van der Waals surface area contributed by atoms with E-state index in [1.54, 1.807) is 12.1 Å². The number of hydrogen-bond donors (Lipinski definition) is 1. The van der Waals surface area contributed by atoms with Crippen LogP contribution >= 0.6 is 11.6 Å². The average Bonchev–Trinajstić information content (AvgIpc) is 2.49. The van der Waals surface area contributed by atoms with E-state index < -0.39 is 0 Å². The number of alkyl halides is 1. The summed E-state index contributed by atoms with van der Waals surface area (Å²) in [6.07, 6.45) is 1.72. The van der Waals surface area contributed by atoms with Crippen molar-refractivity contribution >= 4 is 17.5 Å². The van der Waals surface area contributed by atoms with Crippen LogP contribution in [0.15, 0.2) is 12.1 Å². The second-order valence-electron chi connectivity index (χ2n) is 4.07. The van der Waals surface area contributed by atoms with Crippen molar-refractivity contribution in [3.05, 3.63) is 17.7 Å². The molecule has 0 aliphatic rings. The predicted octanol–water partition coefficient (Wildman–Crippen LogP) is 2.46. The lowest BCUT2D eigenvalue weighted by atomic mass is 10.1. The van der Waals surface area contributed by atoms with Crippen LogP contribution in [0.2, 0.25) is 0 Å². The van der Waals surface area contributed by atoms with Crippen LogP contribution in [0.1, 0.15) is 23.2 Å². The van der Waals surface area contributed by atoms with Gasteiger partial charge in [-0.25, -0.2) is 0 Å². The van der Waals surface area contributed by atoms with Crippen molar-refractivity contribution in [3.63, 3.8) is 0 Å². The summed E-state index contributed by atoms with van der Waals surface area (Å²) in [7, 11) is 4.55. The number of amides is 1. The number of methoxy groups -OCH3 is 3. The third-order valence-corrected chi connectivity index (χ3v) is 3.04. The first-order valence-corrected chi connectivity index (χ1v) is 6.85. The Kier molecular flexibility index (Phi) is 7.01. The molecule has 0 spiro atoms. The molecule has 1 aromatic carbocycles. The molecule has 0 unspecified atom stereocenters. The second kappa shape index (κ2) is 8.53. The first-order chi connectivity index (χ1) is 9.67. The molecule has 5 nitrogen and oxygen atoms in total. The van der Waals surface area contributed by atoms with Gasteiger partial charge in [-0.05, 0) is 25.0 Å². The summed E-state index contributed by atoms with van der Waals surface area (Å²) in [5, 5.41) is 2.82. The van der Waals surface area contributed by atoms with Gasteiger partial charge in [-0.1, -0.05) is 0 Å². The Bertz CT molecular complexity index is 426. The van der Waals surface area contributed by atoms with Gasteiger partial charge in [0, 0.05) is 18.0 Å². The van der Waals surface area contributed by atoms with Crippen LogP contribution in [0.4, 0.5) is 0 Å². The van der Waals surface area contributed by atoms with Gasteiger partial charge in [0.05, 0.1) is 21.3 Å². The number of halogens is 1. The lowest BCUT2D eigenvalue weighted by molar-refractivity contribution is 0.0952. The molecule has 1 rings (SSSR count). The van der Waals surface area contributed by atoms with Gasteiger partial charge in [0.25, 0.3) is 5.91 Å². The van der Waals surface area contributed by atoms with E-state index in [-0.39, 0.29) is 5.91 Å². The molecule has 20 heavy (non-hydrogen) atoms. The van der Waals surface area contributed by atoms with E-state index in [0.29, 0.717) is 35.2 Å². The molecule has 0 saturated heterocycles. The zero-order valence-corrected chi connectivity index (χ0v) is 12.8. The summed E-state index contributed by atoms with van der Waals surface area (Å²) in [4.78, 5) is 12.0. The third-order valence-electron chi connectivity index (χ3n) is 2.77. The summed E-state index contributed by atoms with van der Waals surface area (Å²) in [6.45, 7) is 0.586. The van der Waals surface area contributed by atoms with E-state index in [1.807, 2.05) is 0 Å². The van der Waals surface area contributed by atoms with Gasteiger partial charge in [-0.15, -0.1) is 11.6 Å². The van der Waals surface area contributed by atoms with Crippen LogP contribution in [0.25, 0.3) is 0 Å². The molecule has 0 heterocycles. The topological polar surface area (TPSA) is 56.8 Å². The molecule has 0 aromatic heterocycles. The van der Waals surface area contributed by atoms with Crippen molar-refractivity contribution in [3.8, 4) is 17.2 Å². The highest BCUT2D eigenvalue weighted by Crippen LogP contribution is 2.38. The Morgan fingerprint density at radius 3 is 2.15 bits per heavy atom. The molecule has 1 N–H and O–H groups in total. The van der Waals surface area contributed by atoms with Gasteiger partial charge in [0.2, 0.25) is 5.75 Å². The molecule has 0 saturated carbocycles. The maximum atomic E-state index is 12.0. The van der Waals surface area contributed by atoms with E-state index >= 15 is 0 Å². The zero-order valence-electron chi connectivity index (χ0n) is 12.0. The predicted molar refractivity (Wildman–Crippen MR) is 78.4 cm³/mol. The smallest absolute Gasteiger partial charge is 0.251 e. The average molecular weight is 302 g/mol. The van der Waals surface area contributed by atoms with Crippen molar-refractivity contribution in [1.82, 2.24) is 5.32 Å². The van der Waals surface area contributed by atoms with Crippen LogP contribution in [0, 0.1) is 0 Å². The number of ether oxygens (including phenoxy) is 3. The number of benzene rings is 1. The summed E-state index contributed by atoms with van der Waals surface area (Å²) < 4.78 is 15.6. The monoisotopic (exact) mass is 301 g/mol. The quantitative estimate of drug-likeness (QED) is 0.592. The zero-order chi connectivity index (χ0) is 15.0. The number of carbonyl (C=O) groups is 1. The minimum Gasteiger partial charge on any atom is -0.493 e. The summed E-state index contributed by atoms with van der Waals surface area (Å²) in [6, 6.07) is 3.25. The van der Waals surface area contributed by atoms with Crippen molar-refractivity contribution in [2.24, 2.45) is 0 Å². The van der Waals surface area contributed by atoms with Gasteiger partial charge in [-0.3, -0.25) is 4.79 Å². The number of nitrogens with one attached hydrogen (secondary N) is 1. The maximum Gasteiger partial charge on any atom is 0.251 e. The molecular weight excluding hydrogens is 282 g/mol. The van der Waals surface area contributed by atoms with E-state index in [9.17, 15) is 4.79 Å². The van der Waals surface area contributed by atoms with Gasteiger partial charge in [0.15, 0.2) is 11.5 Å². The molecule has 0 radical (unpaired) electrons. The summed E-state index contributed by atoms with van der Waals surface area (Å²) in [5.74, 6) is 1.79. The van der Waals surface area contributed by atoms with Crippen LogP contribution in [-0.2, 0) is 0 Å². The Labute approximate surface area is 124 Å². The van der Waals surface area contributed by atoms with Crippen LogP contribution in [0.5, 0.6) is 17.2 Å². The second-order valence-corrected chi connectivity index (χ2v) is 4.44. The molecule has 0 fully saturated rings. The number of unbranched alkanes of at least 4 members (excludes halogenated alkanes) is 1. The maximum absolute atomic E-state index is 12.0. The highest BCUT2D eigenvalue weighted by molar-refractivity contribution is 6.17. The fourth-order valence-electron chi connectivity index (χ4n) is 1.74. The fraction of sp³-hybridized carbons (Fsp3) is 0.500. The van der Waals surface area contributed by atoms with E-state index in [4.69, 9.17) is 25.8 Å². The lowest BCUT2D eigenvalue weighted by Gasteiger charge is -2.14. The highest BCUT2D eigenvalue weighted by atomic mass is 35.5. The molecule has 1 amide bonds. The van der Waals surface area contributed by atoms with Crippen LogP contribution in [0.3, 0.4) is 0 Å². The Morgan fingerprint density at radius 1 is 1.10 bits per heavy atom. The summed E-state index contributed by atoms with van der Waals surface area (Å²) >= 11 is 5.59. The highest BCUT2D eigenvalue weighted by Gasteiger charge is 2.16. The first-order valence-electron chi connectivity index (χ1n) is 6.32. The molecule has 6 heteroatoms. The largest absolute Gasteiger partial charge is 0.493 e. The van der Waals surface area contributed by atoms with Crippen LogP contribution in [-0.4, -0.2) is 39.7 Å². The third kappa shape index (κ3) is 4.20. The standard InChI is InChI=1S/C14H20ClNO4/c1-18-11-8-10(9-12(19-2)13(11)20-3)14(17)16-7-5-4-6-15/h8-9H,4-7H2,1-3H3,(H,16,17). The Balaban J connectivity index is 2.86. The molecule has 0 atom stereocenters. The fourth-order valence-corrected chi connectivity index (χ4v) is 1.92. The van der Waals surface area contributed by atoms with Gasteiger partial charge in [-0.2, -0.15) is 0 Å². The van der Waals surface area contributed by atoms with Gasteiger partial charge < -0.3 is 19.5 Å². The minimum absolute atomic E-state index is 0.182. The van der Waals surface area contributed by atoms with E-state index in [0.717, 1.165) is 12.8 Å². The molecule has 0 aliphatic heterocycles. The molecule has 112 valence electrons. The normalized spacial score (nSPS) is 10.0. The van der Waals surface area contributed by atoms with Gasteiger partial charge in [0.1, 0.15) is 0 Å². The lowest BCUT2D eigenvalue weighted by Crippen LogP contribution is -2.24. The SMILES string of the molecule is COc1cc(C(=O)NCCCCCl)cc(OC)c1OC. The van der Waals surface area contributed by atoms with E-state index in [1.165, 1.54) is 21.3 Å². The minimum atomic E-state index is -0.182. The van der Waals surface area contributed by atoms with Crippen molar-refractivity contribution < 1.29 is 19.0 Å². The Hall–Kier alpha value is -1.62. The summed E-state index contributed by atoms with van der Waals surface area (Å²) in [5.41, 5.74) is 0.463. The van der Waals surface area contributed by atoms with Crippen LogP contribution < -0.4 is 19.5 Å². The molecule has 1 aromatic rings. The number of carbonyl (C=O) groups excluding carboxylic acids is 1. The van der Waals surface area contributed by atoms with Crippen molar-refractivity contribution in [2.75, 3.05) is 33.8 Å². The molecule has 0 bridgehead atoms. The van der Waals surface area contributed by atoms with Gasteiger partial charge >= 0.3 is 0 Å². The Morgan fingerprint density at radius 2 is 1.70 bits per heavy atom. The molecular formula is C14H20ClNO4. The van der Waals surface area contributed by atoms with Crippen molar-refractivity contribution in [2.45, 2.75) is 12.8 Å². The van der Waals surface area contributed by atoms with Crippen molar-refractivity contribution in [1.29, 1.82) is 0 Å². The first kappa shape index (κ1) is 16.4. The number of rotatable bonds is 8. The molecule has 0 aliphatic carbocycles. The number of hydrogen-bond acceptors (Lipinski definition) is 4. The van der Waals surface area contributed by atoms with E-state index in [2.05, 4.69) is 5.32 Å².